The van der Waals surface area contributed by atoms with E-state index in [-0.39, 0.29) is 5.57 Å². The standard InChI is InChI=1S/C8H14FNOS2/c1-5(6(2)9)7(11)10-8(3,4)13-12/h12H,1-4H3,(H,10,11)/b6-5-. The first-order valence-corrected chi connectivity index (χ1v) is 5.65. The summed E-state index contributed by atoms with van der Waals surface area (Å²) in [6.07, 6.45) is 0. The lowest BCUT2D eigenvalue weighted by Gasteiger charge is -2.22. The first-order chi connectivity index (χ1) is 5.80. The maximum Gasteiger partial charge on any atom is 0.250 e. The lowest BCUT2D eigenvalue weighted by Crippen LogP contribution is -2.40. The van der Waals surface area contributed by atoms with Crippen molar-refractivity contribution in [1.82, 2.24) is 5.32 Å². The van der Waals surface area contributed by atoms with Gasteiger partial charge < -0.3 is 5.32 Å². The minimum absolute atomic E-state index is 0.107. The van der Waals surface area contributed by atoms with Gasteiger partial charge in [-0.05, 0) is 27.7 Å². The number of nitrogens with one attached hydrogen (secondary N) is 1. The van der Waals surface area contributed by atoms with Gasteiger partial charge in [-0.1, -0.05) is 10.8 Å². The molecular formula is C8H14FNOS2. The molecule has 0 saturated carbocycles. The monoisotopic (exact) mass is 223 g/mol. The molecule has 0 bridgehead atoms. The van der Waals surface area contributed by atoms with Crippen LogP contribution in [0.5, 0.6) is 0 Å². The largest absolute Gasteiger partial charge is 0.338 e. The van der Waals surface area contributed by atoms with Crippen molar-refractivity contribution in [3.8, 4) is 0 Å². The van der Waals surface area contributed by atoms with E-state index in [1.54, 1.807) is 13.8 Å². The molecule has 0 atom stereocenters. The average molecular weight is 223 g/mol. The summed E-state index contributed by atoms with van der Waals surface area (Å²) in [5.41, 5.74) is 0.107. The normalized spacial score (nSPS) is 13.7. The van der Waals surface area contributed by atoms with Crippen LogP contribution in [0.3, 0.4) is 0 Å². The molecule has 76 valence electrons. The molecule has 0 fully saturated rings. The number of rotatable bonds is 3. The maximum absolute atomic E-state index is 12.6. The van der Waals surface area contributed by atoms with E-state index in [1.807, 2.05) is 0 Å². The summed E-state index contributed by atoms with van der Waals surface area (Å²) in [5.74, 6) is -0.857. The molecule has 0 aliphatic rings. The second-order valence-electron chi connectivity index (χ2n) is 3.21. The first kappa shape index (κ1) is 12.8. The smallest absolute Gasteiger partial charge is 0.250 e. The lowest BCUT2D eigenvalue weighted by atomic mass is 10.2. The van der Waals surface area contributed by atoms with E-state index in [1.165, 1.54) is 24.6 Å². The molecule has 0 aliphatic heterocycles. The summed E-state index contributed by atoms with van der Waals surface area (Å²) < 4.78 is 12.6. The topological polar surface area (TPSA) is 29.1 Å². The van der Waals surface area contributed by atoms with Crippen LogP contribution in [0.15, 0.2) is 11.4 Å². The Bertz CT molecular complexity index is 234. The molecule has 5 heteroatoms. The van der Waals surface area contributed by atoms with Gasteiger partial charge >= 0.3 is 0 Å². The Kier molecular flexibility index (Phi) is 4.85. The van der Waals surface area contributed by atoms with E-state index in [0.717, 1.165) is 0 Å². The quantitative estimate of drug-likeness (QED) is 0.333. The molecule has 0 aromatic rings. The average Bonchev–Trinajstić information content (AvgIpc) is 2.02. The van der Waals surface area contributed by atoms with Gasteiger partial charge in [0.15, 0.2) is 0 Å². The van der Waals surface area contributed by atoms with Gasteiger partial charge in [-0.25, -0.2) is 4.39 Å². The Hall–Kier alpha value is -0.160. The van der Waals surface area contributed by atoms with Gasteiger partial charge in [0.05, 0.1) is 4.87 Å². The molecule has 0 spiro atoms. The fraction of sp³-hybridized carbons (Fsp3) is 0.625. The van der Waals surface area contributed by atoms with Crippen molar-refractivity contribution in [3.05, 3.63) is 11.4 Å². The van der Waals surface area contributed by atoms with Crippen LogP contribution in [0.2, 0.25) is 0 Å². The summed E-state index contributed by atoms with van der Waals surface area (Å²) in [7, 11) is 1.20. The van der Waals surface area contributed by atoms with Crippen LogP contribution in [0.25, 0.3) is 0 Å². The molecule has 0 aliphatic carbocycles. The van der Waals surface area contributed by atoms with Gasteiger partial charge in [-0.3, -0.25) is 4.79 Å². The first-order valence-electron chi connectivity index (χ1n) is 3.78. The van der Waals surface area contributed by atoms with Crippen LogP contribution in [0.4, 0.5) is 4.39 Å². The number of carbonyl (C=O) groups is 1. The van der Waals surface area contributed by atoms with E-state index in [4.69, 9.17) is 0 Å². The van der Waals surface area contributed by atoms with Crippen LogP contribution < -0.4 is 5.32 Å². The summed E-state index contributed by atoms with van der Waals surface area (Å²) in [5, 5.41) is 2.64. The number of halogens is 1. The molecule has 0 radical (unpaired) electrons. The molecule has 0 rings (SSSR count). The number of hydrogen-bond acceptors (Lipinski definition) is 3. The molecule has 1 N–H and O–H groups in total. The van der Waals surface area contributed by atoms with Gasteiger partial charge in [0.25, 0.3) is 5.91 Å². The molecule has 0 aromatic heterocycles. The van der Waals surface area contributed by atoms with E-state index >= 15 is 0 Å². The highest BCUT2D eigenvalue weighted by atomic mass is 33.1. The third kappa shape index (κ3) is 4.57. The van der Waals surface area contributed by atoms with E-state index in [0.29, 0.717) is 0 Å². The van der Waals surface area contributed by atoms with Crippen molar-refractivity contribution in [2.75, 3.05) is 0 Å². The van der Waals surface area contributed by atoms with Crippen LogP contribution >= 0.6 is 22.5 Å². The van der Waals surface area contributed by atoms with Crippen LogP contribution in [0, 0.1) is 0 Å². The Morgan fingerprint density at radius 3 is 2.23 bits per heavy atom. The number of amides is 1. The minimum atomic E-state index is -0.489. The number of hydrogen-bond donors (Lipinski definition) is 2. The SMILES string of the molecule is C/C(F)=C(\C)C(=O)NC(C)(C)SS. The minimum Gasteiger partial charge on any atom is -0.338 e. The van der Waals surface area contributed by atoms with Gasteiger partial charge in [-0.2, -0.15) is 0 Å². The fourth-order valence-corrected chi connectivity index (χ4v) is 0.822. The number of carbonyl (C=O) groups excluding carboxylic acids is 1. The van der Waals surface area contributed by atoms with Crippen molar-refractivity contribution in [2.45, 2.75) is 32.6 Å². The van der Waals surface area contributed by atoms with Crippen molar-refractivity contribution in [3.63, 3.8) is 0 Å². The second-order valence-corrected chi connectivity index (χ2v) is 4.97. The Morgan fingerprint density at radius 1 is 1.46 bits per heavy atom. The van der Waals surface area contributed by atoms with Crippen molar-refractivity contribution < 1.29 is 9.18 Å². The highest BCUT2D eigenvalue weighted by molar-refractivity contribution is 8.69. The van der Waals surface area contributed by atoms with Gasteiger partial charge in [0, 0.05) is 5.57 Å². The molecule has 2 nitrogen and oxygen atoms in total. The van der Waals surface area contributed by atoms with Gasteiger partial charge in [0.1, 0.15) is 5.83 Å². The maximum atomic E-state index is 12.6. The molecule has 0 unspecified atom stereocenters. The van der Waals surface area contributed by atoms with Crippen molar-refractivity contribution >= 4 is 28.4 Å². The zero-order chi connectivity index (χ0) is 10.6. The fourth-order valence-electron chi connectivity index (χ4n) is 0.546. The molecule has 0 aromatic carbocycles. The summed E-state index contributed by atoms with van der Waals surface area (Å²) >= 11 is 3.99. The van der Waals surface area contributed by atoms with E-state index in [9.17, 15) is 9.18 Å². The summed E-state index contributed by atoms with van der Waals surface area (Å²) in [4.78, 5) is 10.8. The lowest BCUT2D eigenvalue weighted by molar-refractivity contribution is -0.118. The highest BCUT2D eigenvalue weighted by Gasteiger charge is 2.20. The highest BCUT2D eigenvalue weighted by Crippen LogP contribution is 2.24. The Labute approximate surface area is 87.2 Å². The molecule has 1 amide bonds. The predicted molar refractivity (Wildman–Crippen MR) is 58.3 cm³/mol. The molecule has 0 saturated heterocycles. The van der Waals surface area contributed by atoms with Gasteiger partial charge in [-0.15, -0.1) is 11.7 Å². The van der Waals surface area contributed by atoms with Crippen LogP contribution in [-0.2, 0) is 4.79 Å². The number of thiol groups is 1. The molecular weight excluding hydrogens is 209 g/mol. The van der Waals surface area contributed by atoms with Crippen LogP contribution in [-0.4, -0.2) is 10.8 Å². The summed E-state index contributed by atoms with van der Waals surface area (Å²) in [6.45, 7) is 6.30. The van der Waals surface area contributed by atoms with Gasteiger partial charge in [0.2, 0.25) is 0 Å². The van der Waals surface area contributed by atoms with E-state index in [2.05, 4.69) is 17.0 Å². The third-order valence-electron chi connectivity index (χ3n) is 1.50. The zero-order valence-electron chi connectivity index (χ0n) is 8.14. The van der Waals surface area contributed by atoms with Crippen LogP contribution in [0.1, 0.15) is 27.7 Å². The van der Waals surface area contributed by atoms with E-state index < -0.39 is 16.6 Å². The Morgan fingerprint density at radius 2 is 1.92 bits per heavy atom. The predicted octanol–water partition coefficient (Wildman–Crippen LogP) is 2.68. The molecule has 0 heterocycles. The third-order valence-corrected chi connectivity index (χ3v) is 3.43. The Balaban J connectivity index is 4.42. The second kappa shape index (κ2) is 4.91. The molecule has 13 heavy (non-hydrogen) atoms. The zero-order valence-corrected chi connectivity index (χ0v) is 9.85. The summed E-state index contributed by atoms with van der Waals surface area (Å²) in [6, 6.07) is 0. The number of allylic oxidation sites excluding steroid dienone is 1. The van der Waals surface area contributed by atoms with Crippen molar-refractivity contribution in [1.29, 1.82) is 0 Å². The van der Waals surface area contributed by atoms with Crippen molar-refractivity contribution in [2.24, 2.45) is 0 Å².